The summed E-state index contributed by atoms with van der Waals surface area (Å²) in [6.07, 6.45) is 8.74. The summed E-state index contributed by atoms with van der Waals surface area (Å²) in [6.45, 7) is 15.5. The Balaban J connectivity index is 1.40. The lowest BCUT2D eigenvalue weighted by atomic mass is 9.79. The molecule has 3 rings (SSSR count). The van der Waals surface area contributed by atoms with E-state index in [0.29, 0.717) is 12.5 Å². The van der Waals surface area contributed by atoms with Gasteiger partial charge >= 0.3 is 6.09 Å². The molecular weight excluding hydrogens is 420 g/mol. The van der Waals surface area contributed by atoms with Gasteiger partial charge in [-0.15, -0.1) is 0 Å². The van der Waals surface area contributed by atoms with Crippen molar-refractivity contribution in [2.24, 2.45) is 0 Å². The Bertz CT molecular complexity index is 977. The number of hydrogen-bond donors (Lipinski definition) is 2. The average Bonchev–Trinajstić information content (AvgIpc) is 3.30. The van der Waals surface area contributed by atoms with Gasteiger partial charge in [0.25, 0.3) is 0 Å². The van der Waals surface area contributed by atoms with E-state index >= 15 is 0 Å². The average molecular weight is 461 g/mol. The Morgan fingerprint density at radius 2 is 1.47 bits per heavy atom. The molecule has 2 aromatic rings. The fraction of sp³-hybridized carbons (Fsp3) is 0.433. The van der Waals surface area contributed by atoms with Crippen LogP contribution in [-0.4, -0.2) is 19.2 Å². The van der Waals surface area contributed by atoms with Crippen molar-refractivity contribution in [3.63, 3.8) is 0 Å². The number of ether oxygens (including phenoxy) is 1. The van der Waals surface area contributed by atoms with E-state index < -0.39 is 6.09 Å². The van der Waals surface area contributed by atoms with Gasteiger partial charge in [0.15, 0.2) is 0 Å². The summed E-state index contributed by atoms with van der Waals surface area (Å²) in [4.78, 5) is 12.1. The highest BCUT2D eigenvalue weighted by Gasteiger charge is 2.20. The molecule has 182 valence electrons. The molecule has 1 aliphatic rings. The van der Waals surface area contributed by atoms with E-state index in [9.17, 15) is 4.79 Å². The molecule has 4 heteroatoms. The van der Waals surface area contributed by atoms with Gasteiger partial charge in [0.1, 0.15) is 0 Å². The van der Waals surface area contributed by atoms with E-state index in [0.717, 1.165) is 25.2 Å². The van der Waals surface area contributed by atoms with Crippen LogP contribution in [0.5, 0.6) is 0 Å². The van der Waals surface area contributed by atoms with Crippen molar-refractivity contribution in [2.45, 2.75) is 71.3 Å². The number of amides is 1. The Hall–Kier alpha value is -2.85. The molecule has 0 bridgehead atoms. The van der Waals surface area contributed by atoms with Crippen LogP contribution >= 0.6 is 0 Å². The van der Waals surface area contributed by atoms with E-state index in [1.54, 1.807) is 0 Å². The molecule has 0 spiro atoms. The van der Waals surface area contributed by atoms with Crippen molar-refractivity contribution < 1.29 is 9.53 Å². The van der Waals surface area contributed by atoms with Crippen molar-refractivity contribution in [3.8, 4) is 0 Å². The molecule has 4 nitrogen and oxygen atoms in total. The molecule has 34 heavy (non-hydrogen) atoms. The fourth-order valence-electron chi connectivity index (χ4n) is 3.85. The topological polar surface area (TPSA) is 50.4 Å². The molecule has 0 saturated heterocycles. The predicted octanol–water partition coefficient (Wildman–Crippen LogP) is 7.22. The van der Waals surface area contributed by atoms with Crippen LogP contribution in [0.25, 0.3) is 0 Å². The van der Waals surface area contributed by atoms with Gasteiger partial charge in [0.2, 0.25) is 0 Å². The van der Waals surface area contributed by atoms with Gasteiger partial charge in [0, 0.05) is 18.2 Å². The number of hydrogen-bond acceptors (Lipinski definition) is 3. The summed E-state index contributed by atoms with van der Waals surface area (Å²) >= 11 is 0. The first-order valence-electron chi connectivity index (χ1n) is 12.3. The minimum atomic E-state index is -0.416. The van der Waals surface area contributed by atoms with Crippen LogP contribution in [0.2, 0.25) is 0 Å². The summed E-state index contributed by atoms with van der Waals surface area (Å²) in [5.41, 5.74) is 6.19. The standard InChI is InChI=1S/C30H40N2O2/c1-29(2,3)25-18-22(19-26(20-25)30(4,5)6)21-31-16-9-17-34-28(33)32-27-14-12-24(13-15-27)23-10-7-8-11-23/h7-8,10-15,18-20,23,31H,9,16-17,21H2,1-6H3,(H,32,33). The molecule has 0 atom stereocenters. The minimum Gasteiger partial charge on any atom is -0.449 e. The quantitative estimate of drug-likeness (QED) is 0.409. The molecule has 2 aromatic carbocycles. The van der Waals surface area contributed by atoms with Crippen LogP contribution in [0, 0.1) is 0 Å². The van der Waals surface area contributed by atoms with Gasteiger partial charge in [0.05, 0.1) is 6.61 Å². The molecule has 2 N–H and O–H groups in total. The van der Waals surface area contributed by atoms with Gasteiger partial charge in [-0.1, -0.05) is 96.2 Å². The van der Waals surface area contributed by atoms with Crippen LogP contribution in [0.3, 0.4) is 0 Å². The summed E-state index contributed by atoms with van der Waals surface area (Å²) in [5.74, 6) is 0.324. The van der Waals surface area contributed by atoms with E-state index in [2.05, 4.69) is 94.7 Å². The van der Waals surface area contributed by atoms with Crippen LogP contribution in [0.4, 0.5) is 10.5 Å². The summed E-state index contributed by atoms with van der Waals surface area (Å²) in [5, 5.41) is 6.29. The molecule has 0 aliphatic heterocycles. The first-order chi connectivity index (χ1) is 16.0. The number of carbonyl (C=O) groups is 1. The van der Waals surface area contributed by atoms with Crippen molar-refractivity contribution in [3.05, 3.63) is 89.0 Å². The Labute approximate surface area is 205 Å². The number of nitrogens with one attached hydrogen (secondary N) is 2. The maximum Gasteiger partial charge on any atom is 0.411 e. The largest absolute Gasteiger partial charge is 0.449 e. The highest BCUT2D eigenvalue weighted by molar-refractivity contribution is 5.84. The minimum absolute atomic E-state index is 0.113. The Morgan fingerprint density at radius 1 is 0.882 bits per heavy atom. The first kappa shape index (κ1) is 25.8. The van der Waals surface area contributed by atoms with Crippen molar-refractivity contribution >= 4 is 11.8 Å². The third kappa shape index (κ3) is 7.59. The Morgan fingerprint density at radius 3 is 2.03 bits per heavy atom. The first-order valence-corrected chi connectivity index (χ1v) is 12.3. The number of benzene rings is 2. The summed E-state index contributed by atoms with van der Waals surface area (Å²) < 4.78 is 5.34. The van der Waals surface area contributed by atoms with E-state index in [4.69, 9.17) is 4.74 Å². The smallest absolute Gasteiger partial charge is 0.411 e. The third-order valence-corrected chi connectivity index (χ3v) is 6.08. The van der Waals surface area contributed by atoms with Gasteiger partial charge in [-0.25, -0.2) is 4.79 Å². The highest BCUT2D eigenvalue weighted by Crippen LogP contribution is 2.30. The molecule has 1 aliphatic carbocycles. The van der Waals surface area contributed by atoms with Gasteiger partial charge in [-0.3, -0.25) is 5.32 Å². The van der Waals surface area contributed by atoms with Crippen LogP contribution in [0.15, 0.2) is 66.8 Å². The predicted molar refractivity (Wildman–Crippen MR) is 143 cm³/mol. The number of carbonyl (C=O) groups excluding carboxylic acids is 1. The maximum atomic E-state index is 12.1. The van der Waals surface area contributed by atoms with Crippen molar-refractivity contribution in [1.82, 2.24) is 5.32 Å². The highest BCUT2D eigenvalue weighted by atomic mass is 16.5. The number of rotatable bonds is 8. The number of allylic oxidation sites excluding steroid dienone is 4. The molecule has 0 fully saturated rings. The summed E-state index contributed by atoms with van der Waals surface area (Å²) in [7, 11) is 0. The molecular formula is C30H40N2O2. The molecule has 0 radical (unpaired) electrons. The molecule has 0 aromatic heterocycles. The molecule has 0 heterocycles. The Kier molecular flexibility index (Phi) is 8.37. The second kappa shape index (κ2) is 11.1. The zero-order chi connectivity index (χ0) is 24.8. The van der Waals surface area contributed by atoms with Crippen LogP contribution in [-0.2, 0) is 22.1 Å². The lowest BCUT2D eigenvalue weighted by Gasteiger charge is -2.26. The van der Waals surface area contributed by atoms with Crippen molar-refractivity contribution in [2.75, 3.05) is 18.5 Å². The van der Waals surface area contributed by atoms with Gasteiger partial charge in [-0.2, -0.15) is 0 Å². The second-order valence-corrected chi connectivity index (χ2v) is 11.1. The maximum absolute atomic E-state index is 12.1. The molecule has 1 amide bonds. The lowest BCUT2D eigenvalue weighted by Crippen LogP contribution is -2.21. The SMILES string of the molecule is CC(C)(C)c1cc(CNCCCOC(=O)Nc2ccc(C3C=CC=C3)cc2)cc(C(C)(C)C)c1. The molecule has 0 saturated carbocycles. The third-order valence-electron chi connectivity index (χ3n) is 6.08. The molecule has 0 unspecified atom stereocenters. The van der Waals surface area contributed by atoms with E-state index in [-0.39, 0.29) is 10.8 Å². The summed E-state index contributed by atoms with van der Waals surface area (Å²) in [6, 6.07) is 14.8. The normalized spacial score (nSPS) is 13.9. The number of anilines is 1. The lowest BCUT2D eigenvalue weighted by molar-refractivity contribution is 0.160. The van der Waals surface area contributed by atoms with Gasteiger partial charge in [-0.05, 0) is 58.2 Å². The zero-order valence-electron chi connectivity index (χ0n) is 21.6. The monoisotopic (exact) mass is 460 g/mol. The zero-order valence-corrected chi connectivity index (χ0v) is 21.6. The van der Waals surface area contributed by atoms with Crippen LogP contribution in [0.1, 0.15) is 76.1 Å². The fourth-order valence-corrected chi connectivity index (χ4v) is 3.85. The van der Waals surface area contributed by atoms with Gasteiger partial charge < -0.3 is 10.1 Å². The van der Waals surface area contributed by atoms with Crippen LogP contribution < -0.4 is 10.6 Å². The van der Waals surface area contributed by atoms with E-state index in [1.165, 1.54) is 22.3 Å². The second-order valence-electron chi connectivity index (χ2n) is 11.1. The van der Waals surface area contributed by atoms with Crippen molar-refractivity contribution in [1.29, 1.82) is 0 Å². The van der Waals surface area contributed by atoms with E-state index in [1.807, 2.05) is 24.3 Å².